The lowest BCUT2D eigenvalue weighted by molar-refractivity contribution is -0.0244. The van der Waals surface area contributed by atoms with Crippen molar-refractivity contribution in [2.24, 2.45) is 5.73 Å². The van der Waals surface area contributed by atoms with E-state index in [1.54, 1.807) is 0 Å². The van der Waals surface area contributed by atoms with E-state index in [9.17, 15) is 0 Å². The summed E-state index contributed by atoms with van der Waals surface area (Å²) in [5, 5.41) is 0. The molecule has 0 radical (unpaired) electrons. The summed E-state index contributed by atoms with van der Waals surface area (Å²) in [7, 11) is 4.48. The monoisotopic (exact) mass is 241 g/mol. The van der Waals surface area contributed by atoms with Crippen LogP contribution in [0.2, 0.25) is 0 Å². The Morgan fingerprint density at radius 2 is 1.88 bits per heavy atom. The molecule has 2 N–H and O–H groups in total. The Bertz CT molecular complexity index is 233. The standard InChI is InChI=1S/C13H27N3O/c1-15-7-5-13(11-14,6-8-15)16(2)12-3-9-17-10-4-12/h12H,3-11,14H2,1-2H3. The van der Waals surface area contributed by atoms with Crippen molar-refractivity contribution in [2.45, 2.75) is 37.3 Å². The summed E-state index contributed by atoms with van der Waals surface area (Å²) < 4.78 is 5.45. The molecule has 0 spiro atoms. The highest BCUT2D eigenvalue weighted by molar-refractivity contribution is 4.97. The zero-order valence-corrected chi connectivity index (χ0v) is 11.3. The third kappa shape index (κ3) is 2.81. The molecule has 0 aliphatic carbocycles. The van der Waals surface area contributed by atoms with Crippen molar-refractivity contribution in [3.8, 4) is 0 Å². The van der Waals surface area contributed by atoms with Crippen LogP contribution >= 0.6 is 0 Å². The second-order valence-electron chi connectivity index (χ2n) is 5.69. The molecule has 0 unspecified atom stereocenters. The summed E-state index contributed by atoms with van der Waals surface area (Å²) >= 11 is 0. The predicted octanol–water partition coefficient (Wildman–Crippen LogP) is 0.520. The van der Waals surface area contributed by atoms with E-state index in [2.05, 4.69) is 23.9 Å². The Hall–Kier alpha value is -0.160. The average molecular weight is 241 g/mol. The first kappa shape index (κ1) is 13.3. The summed E-state index contributed by atoms with van der Waals surface area (Å²) in [6.07, 6.45) is 4.73. The highest BCUT2D eigenvalue weighted by atomic mass is 16.5. The summed E-state index contributed by atoms with van der Waals surface area (Å²) in [5.41, 5.74) is 6.33. The number of hydrogen-bond acceptors (Lipinski definition) is 4. The van der Waals surface area contributed by atoms with Gasteiger partial charge in [0.1, 0.15) is 0 Å². The SMILES string of the molecule is CN1CCC(CN)(N(C)C2CCOCC2)CC1. The van der Waals surface area contributed by atoms with E-state index < -0.39 is 0 Å². The van der Waals surface area contributed by atoms with Crippen molar-refractivity contribution >= 4 is 0 Å². The average Bonchev–Trinajstić information content (AvgIpc) is 2.40. The number of likely N-dealkylation sites (tertiary alicyclic amines) is 1. The number of ether oxygens (including phenoxy) is 1. The van der Waals surface area contributed by atoms with Crippen molar-refractivity contribution in [3.05, 3.63) is 0 Å². The second kappa shape index (κ2) is 5.65. The Balaban J connectivity index is 2.00. The molecule has 0 aromatic heterocycles. The Labute approximate surface area is 105 Å². The Kier molecular flexibility index (Phi) is 4.42. The number of piperidine rings is 1. The van der Waals surface area contributed by atoms with Crippen LogP contribution in [-0.4, -0.2) is 68.3 Å². The smallest absolute Gasteiger partial charge is 0.0480 e. The molecule has 2 aliphatic rings. The normalized spacial score (nSPS) is 27.5. The topological polar surface area (TPSA) is 41.7 Å². The highest BCUT2D eigenvalue weighted by Crippen LogP contribution is 2.30. The molecular weight excluding hydrogens is 214 g/mol. The van der Waals surface area contributed by atoms with E-state index in [-0.39, 0.29) is 5.54 Å². The maximum Gasteiger partial charge on any atom is 0.0480 e. The van der Waals surface area contributed by atoms with Gasteiger partial charge in [-0.3, -0.25) is 4.90 Å². The van der Waals surface area contributed by atoms with Crippen LogP contribution in [0, 0.1) is 0 Å². The first-order chi connectivity index (χ1) is 8.18. The summed E-state index contributed by atoms with van der Waals surface area (Å²) in [5.74, 6) is 0. The van der Waals surface area contributed by atoms with Gasteiger partial charge in [0.2, 0.25) is 0 Å². The van der Waals surface area contributed by atoms with Crippen LogP contribution in [-0.2, 0) is 4.74 Å². The lowest BCUT2D eigenvalue weighted by Crippen LogP contribution is -2.61. The molecule has 0 saturated carbocycles. The van der Waals surface area contributed by atoms with Gasteiger partial charge in [-0.2, -0.15) is 0 Å². The number of nitrogens with zero attached hydrogens (tertiary/aromatic N) is 2. The van der Waals surface area contributed by atoms with Gasteiger partial charge in [-0.05, 0) is 52.9 Å². The fraction of sp³-hybridized carbons (Fsp3) is 1.00. The number of likely N-dealkylation sites (N-methyl/N-ethyl adjacent to an activating group) is 1. The minimum atomic E-state index is 0.231. The lowest BCUT2D eigenvalue weighted by atomic mass is 9.84. The third-order valence-electron chi connectivity index (χ3n) is 4.78. The van der Waals surface area contributed by atoms with Crippen molar-refractivity contribution in [2.75, 3.05) is 46.9 Å². The lowest BCUT2D eigenvalue weighted by Gasteiger charge is -2.50. The van der Waals surface area contributed by atoms with Gasteiger partial charge >= 0.3 is 0 Å². The van der Waals surface area contributed by atoms with Crippen LogP contribution in [0.1, 0.15) is 25.7 Å². The Morgan fingerprint density at radius 1 is 1.29 bits per heavy atom. The molecule has 0 aromatic rings. The number of hydrogen-bond donors (Lipinski definition) is 1. The molecular formula is C13H27N3O. The second-order valence-corrected chi connectivity index (χ2v) is 5.69. The number of nitrogens with two attached hydrogens (primary N) is 1. The van der Waals surface area contributed by atoms with Gasteiger partial charge in [0.15, 0.2) is 0 Å². The molecule has 4 nitrogen and oxygen atoms in total. The van der Waals surface area contributed by atoms with E-state index in [1.165, 1.54) is 25.9 Å². The van der Waals surface area contributed by atoms with Crippen LogP contribution < -0.4 is 5.73 Å². The van der Waals surface area contributed by atoms with Crippen molar-refractivity contribution in [1.29, 1.82) is 0 Å². The van der Waals surface area contributed by atoms with E-state index in [0.717, 1.165) is 32.6 Å². The molecule has 2 fully saturated rings. The third-order valence-corrected chi connectivity index (χ3v) is 4.78. The zero-order chi connectivity index (χ0) is 12.3. The van der Waals surface area contributed by atoms with Crippen LogP contribution in [0.4, 0.5) is 0 Å². The maximum absolute atomic E-state index is 6.10. The molecule has 0 aromatic carbocycles. The Morgan fingerprint density at radius 3 is 2.41 bits per heavy atom. The van der Waals surface area contributed by atoms with Crippen LogP contribution in [0.3, 0.4) is 0 Å². The van der Waals surface area contributed by atoms with Crippen molar-refractivity contribution < 1.29 is 4.74 Å². The quantitative estimate of drug-likeness (QED) is 0.782. The maximum atomic E-state index is 6.10. The largest absolute Gasteiger partial charge is 0.381 e. The summed E-state index contributed by atoms with van der Waals surface area (Å²) in [6.45, 7) is 4.95. The van der Waals surface area contributed by atoms with E-state index in [0.29, 0.717) is 6.04 Å². The highest BCUT2D eigenvalue weighted by Gasteiger charge is 2.39. The first-order valence-corrected chi connectivity index (χ1v) is 6.87. The minimum absolute atomic E-state index is 0.231. The van der Waals surface area contributed by atoms with Crippen LogP contribution in [0.5, 0.6) is 0 Å². The minimum Gasteiger partial charge on any atom is -0.381 e. The van der Waals surface area contributed by atoms with Crippen LogP contribution in [0.15, 0.2) is 0 Å². The molecule has 2 rings (SSSR count). The van der Waals surface area contributed by atoms with Gasteiger partial charge in [0, 0.05) is 31.3 Å². The molecule has 17 heavy (non-hydrogen) atoms. The molecule has 2 heterocycles. The fourth-order valence-electron chi connectivity index (χ4n) is 3.20. The van der Waals surface area contributed by atoms with Gasteiger partial charge < -0.3 is 15.4 Å². The number of rotatable bonds is 3. The molecule has 100 valence electrons. The van der Waals surface area contributed by atoms with Crippen molar-refractivity contribution in [1.82, 2.24) is 9.80 Å². The fourth-order valence-corrected chi connectivity index (χ4v) is 3.20. The van der Waals surface area contributed by atoms with Gasteiger partial charge in [0.25, 0.3) is 0 Å². The molecule has 0 amide bonds. The van der Waals surface area contributed by atoms with Crippen molar-refractivity contribution in [3.63, 3.8) is 0 Å². The predicted molar refractivity (Wildman–Crippen MR) is 70.1 cm³/mol. The molecule has 0 bridgehead atoms. The molecule has 4 heteroatoms. The molecule has 0 atom stereocenters. The summed E-state index contributed by atoms with van der Waals surface area (Å²) in [6, 6.07) is 0.663. The molecule has 2 aliphatic heterocycles. The van der Waals surface area contributed by atoms with E-state index >= 15 is 0 Å². The van der Waals surface area contributed by atoms with Gasteiger partial charge in [-0.15, -0.1) is 0 Å². The van der Waals surface area contributed by atoms with Gasteiger partial charge in [0.05, 0.1) is 0 Å². The first-order valence-electron chi connectivity index (χ1n) is 6.87. The van der Waals surface area contributed by atoms with Gasteiger partial charge in [-0.1, -0.05) is 0 Å². The molecule has 2 saturated heterocycles. The van der Waals surface area contributed by atoms with Crippen LogP contribution in [0.25, 0.3) is 0 Å². The zero-order valence-electron chi connectivity index (χ0n) is 11.3. The van der Waals surface area contributed by atoms with E-state index in [1.807, 2.05) is 0 Å². The van der Waals surface area contributed by atoms with E-state index in [4.69, 9.17) is 10.5 Å². The summed E-state index contributed by atoms with van der Waals surface area (Å²) in [4.78, 5) is 4.98. The van der Waals surface area contributed by atoms with Gasteiger partial charge in [-0.25, -0.2) is 0 Å².